The Balaban J connectivity index is 1.94. The van der Waals surface area contributed by atoms with Crippen molar-refractivity contribution in [3.05, 3.63) is 66.5 Å². The summed E-state index contributed by atoms with van der Waals surface area (Å²) in [6.45, 7) is 2.10. The molecule has 1 aromatic heterocycles. The number of aryl methyl sites for hydroxylation is 1. The van der Waals surface area contributed by atoms with Crippen LogP contribution >= 0.6 is 0 Å². The van der Waals surface area contributed by atoms with Crippen LogP contribution < -0.4 is 0 Å². The Morgan fingerprint density at radius 2 is 1.33 bits per heavy atom. The van der Waals surface area contributed by atoms with Crippen molar-refractivity contribution in [1.82, 2.24) is 9.97 Å². The van der Waals surface area contributed by atoms with Crippen molar-refractivity contribution in [2.45, 2.75) is 6.92 Å². The molecule has 0 fully saturated rings. The second-order valence-electron chi connectivity index (χ2n) is 4.38. The first kappa shape index (κ1) is 10.8. The molecular weight excluding hydrogens is 220 g/mol. The molecule has 0 bridgehead atoms. The van der Waals surface area contributed by atoms with Gasteiger partial charge in [0.25, 0.3) is 0 Å². The van der Waals surface area contributed by atoms with Gasteiger partial charge in [0.1, 0.15) is 5.82 Å². The lowest BCUT2D eigenvalue weighted by atomic mass is 10.0. The van der Waals surface area contributed by atoms with Crippen molar-refractivity contribution in [1.29, 1.82) is 0 Å². The van der Waals surface area contributed by atoms with Crippen molar-refractivity contribution in [3.63, 3.8) is 0 Å². The fourth-order valence-electron chi connectivity index (χ4n) is 1.99. The predicted octanol–water partition coefficient (Wildman–Crippen LogP) is 4.05. The molecule has 0 spiro atoms. The Bertz CT molecular complexity index is 620. The largest absolute Gasteiger partial charge is 0.345 e. The van der Waals surface area contributed by atoms with Crippen LogP contribution in [0.3, 0.4) is 0 Å². The molecule has 88 valence electrons. The topological polar surface area (TPSA) is 28.7 Å². The highest BCUT2D eigenvalue weighted by atomic mass is 14.9. The van der Waals surface area contributed by atoms with Crippen LogP contribution in [0.15, 0.2) is 60.9 Å². The van der Waals surface area contributed by atoms with E-state index in [0.717, 1.165) is 11.4 Å². The average molecular weight is 234 g/mol. The zero-order chi connectivity index (χ0) is 12.4. The molecule has 2 heteroatoms. The van der Waals surface area contributed by atoms with E-state index in [2.05, 4.69) is 65.4 Å². The molecule has 0 unspecified atom stereocenters. The maximum atomic E-state index is 4.24. The van der Waals surface area contributed by atoms with Crippen LogP contribution in [0, 0.1) is 6.92 Å². The highest BCUT2D eigenvalue weighted by Crippen LogP contribution is 2.23. The zero-order valence-electron chi connectivity index (χ0n) is 10.2. The molecule has 0 saturated heterocycles. The maximum absolute atomic E-state index is 4.24. The van der Waals surface area contributed by atoms with E-state index in [1.807, 2.05) is 6.20 Å². The summed E-state index contributed by atoms with van der Waals surface area (Å²) in [6.07, 6.45) is 3.60. The van der Waals surface area contributed by atoms with Crippen LogP contribution in [0.2, 0.25) is 0 Å². The first-order valence-electron chi connectivity index (χ1n) is 6.00. The third kappa shape index (κ3) is 2.05. The van der Waals surface area contributed by atoms with Crippen molar-refractivity contribution < 1.29 is 0 Å². The van der Waals surface area contributed by atoms with Gasteiger partial charge in [0.2, 0.25) is 0 Å². The van der Waals surface area contributed by atoms with Crippen LogP contribution in [0.25, 0.3) is 22.5 Å². The van der Waals surface area contributed by atoms with Gasteiger partial charge in [0, 0.05) is 18.0 Å². The third-order valence-electron chi connectivity index (χ3n) is 3.04. The standard InChI is InChI=1S/C16H14N2/c1-12-2-4-13(5-3-12)14-6-8-15(9-7-14)16-17-10-11-18-16/h2-11H,1H3,(H,17,18). The Kier molecular flexibility index (Phi) is 2.69. The van der Waals surface area contributed by atoms with E-state index >= 15 is 0 Å². The van der Waals surface area contributed by atoms with Crippen molar-refractivity contribution in [3.8, 4) is 22.5 Å². The highest BCUT2D eigenvalue weighted by molar-refractivity contribution is 5.67. The van der Waals surface area contributed by atoms with Crippen LogP contribution in [0.5, 0.6) is 0 Å². The molecule has 0 radical (unpaired) electrons. The minimum Gasteiger partial charge on any atom is -0.345 e. The van der Waals surface area contributed by atoms with E-state index < -0.39 is 0 Å². The SMILES string of the molecule is Cc1ccc(-c2ccc(-c3ncc[nH]3)cc2)cc1. The highest BCUT2D eigenvalue weighted by Gasteiger charge is 2.01. The van der Waals surface area contributed by atoms with Crippen molar-refractivity contribution in [2.75, 3.05) is 0 Å². The summed E-state index contributed by atoms with van der Waals surface area (Å²) in [4.78, 5) is 7.35. The average Bonchev–Trinajstić information content (AvgIpc) is 2.94. The van der Waals surface area contributed by atoms with Gasteiger partial charge >= 0.3 is 0 Å². The Hall–Kier alpha value is -2.35. The molecule has 3 rings (SSSR count). The van der Waals surface area contributed by atoms with Gasteiger partial charge < -0.3 is 4.98 Å². The summed E-state index contributed by atoms with van der Waals surface area (Å²) in [5.74, 6) is 0.908. The monoisotopic (exact) mass is 234 g/mol. The Morgan fingerprint density at radius 3 is 1.89 bits per heavy atom. The van der Waals surface area contributed by atoms with Crippen LogP contribution in [0.4, 0.5) is 0 Å². The maximum Gasteiger partial charge on any atom is 0.137 e. The zero-order valence-corrected chi connectivity index (χ0v) is 10.2. The molecule has 0 amide bonds. The number of benzene rings is 2. The second kappa shape index (κ2) is 4.49. The molecule has 3 aromatic rings. The lowest BCUT2D eigenvalue weighted by Gasteiger charge is -2.03. The fourth-order valence-corrected chi connectivity index (χ4v) is 1.99. The molecule has 0 aliphatic rings. The molecular formula is C16H14N2. The summed E-state index contributed by atoms with van der Waals surface area (Å²) >= 11 is 0. The quantitative estimate of drug-likeness (QED) is 0.712. The summed E-state index contributed by atoms with van der Waals surface area (Å²) in [5, 5.41) is 0. The first-order chi connectivity index (χ1) is 8.83. The second-order valence-corrected chi connectivity index (χ2v) is 4.38. The van der Waals surface area contributed by atoms with Gasteiger partial charge in [-0.15, -0.1) is 0 Å². The molecule has 18 heavy (non-hydrogen) atoms. The molecule has 0 atom stereocenters. The number of imidazole rings is 1. The van der Waals surface area contributed by atoms with Crippen molar-refractivity contribution >= 4 is 0 Å². The fraction of sp³-hybridized carbons (Fsp3) is 0.0625. The van der Waals surface area contributed by atoms with E-state index in [1.54, 1.807) is 6.20 Å². The van der Waals surface area contributed by atoms with E-state index in [9.17, 15) is 0 Å². The van der Waals surface area contributed by atoms with Gasteiger partial charge in [-0.25, -0.2) is 4.98 Å². The number of rotatable bonds is 2. The van der Waals surface area contributed by atoms with E-state index in [0.29, 0.717) is 0 Å². The first-order valence-corrected chi connectivity index (χ1v) is 6.00. The molecule has 2 nitrogen and oxygen atoms in total. The van der Waals surface area contributed by atoms with Gasteiger partial charge in [-0.3, -0.25) is 0 Å². The number of aromatic nitrogens is 2. The van der Waals surface area contributed by atoms with Gasteiger partial charge in [0.15, 0.2) is 0 Å². The molecule has 1 heterocycles. The number of H-pyrrole nitrogens is 1. The Labute approximate surface area is 106 Å². The summed E-state index contributed by atoms with van der Waals surface area (Å²) < 4.78 is 0. The van der Waals surface area contributed by atoms with E-state index in [-0.39, 0.29) is 0 Å². The van der Waals surface area contributed by atoms with Gasteiger partial charge in [-0.2, -0.15) is 0 Å². The molecule has 1 N–H and O–H groups in total. The number of nitrogens with zero attached hydrogens (tertiary/aromatic N) is 1. The molecule has 0 aliphatic heterocycles. The summed E-state index contributed by atoms with van der Waals surface area (Å²) in [5.41, 5.74) is 4.86. The van der Waals surface area contributed by atoms with Crippen LogP contribution in [-0.2, 0) is 0 Å². The molecule has 2 aromatic carbocycles. The normalized spacial score (nSPS) is 10.5. The van der Waals surface area contributed by atoms with Gasteiger partial charge in [-0.1, -0.05) is 54.1 Å². The van der Waals surface area contributed by atoms with Gasteiger partial charge in [0.05, 0.1) is 0 Å². The molecule has 0 aliphatic carbocycles. The van der Waals surface area contributed by atoms with Gasteiger partial charge in [-0.05, 0) is 18.1 Å². The lowest BCUT2D eigenvalue weighted by Crippen LogP contribution is -1.82. The number of hydrogen-bond acceptors (Lipinski definition) is 1. The number of nitrogens with one attached hydrogen (secondary N) is 1. The van der Waals surface area contributed by atoms with Crippen molar-refractivity contribution in [2.24, 2.45) is 0 Å². The Morgan fingerprint density at radius 1 is 0.778 bits per heavy atom. The minimum atomic E-state index is 0.908. The number of hydrogen-bond donors (Lipinski definition) is 1. The third-order valence-corrected chi connectivity index (χ3v) is 3.04. The molecule has 0 saturated carbocycles. The number of aromatic amines is 1. The van der Waals surface area contributed by atoms with E-state index in [4.69, 9.17) is 0 Å². The smallest absolute Gasteiger partial charge is 0.137 e. The van der Waals surface area contributed by atoms with Crippen LogP contribution in [-0.4, -0.2) is 9.97 Å². The lowest BCUT2D eigenvalue weighted by molar-refractivity contribution is 1.31. The summed E-state index contributed by atoms with van der Waals surface area (Å²) in [6, 6.07) is 17.0. The predicted molar refractivity (Wildman–Crippen MR) is 74.2 cm³/mol. The van der Waals surface area contributed by atoms with Crippen LogP contribution in [0.1, 0.15) is 5.56 Å². The minimum absolute atomic E-state index is 0.908. The van der Waals surface area contributed by atoms with E-state index in [1.165, 1.54) is 16.7 Å². The summed E-state index contributed by atoms with van der Waals surface area (Å²) in [7, 11) is 0.